The van der Waals surface area contributed by atoms with Crippen molar-refractivity contribution in [3.05, 3.63) is 41.9 Å². The average molecular weight is 412 g/mol. The number of carbonyl (C=O) groups excluding carboxylic acids is 1. The molecule has 30 heavy (non-hydrogen) atoms. The van der Waals surface area contributed by atoms with Gasteiger partial charge in [-0.1, -0.05) is 0 Å². The van der Waals surface area contributed by atoms with Crippen molar-refractivity contribution in [2.24, 2.45) is 7.05 Å². The van der Waals surface area contributed by atoms with Gasteiger partial charge in [0.2, 0.25) is 6.41 Å². The van der Waals surface area contributed by atoms with Crippen LogP contribution in [-0.2, 0) is 33.5 Å². The third kappa shape index (κ3) is 4.35. The number of ether oxygens (including phenoxy) is 2. The number of hydrogen-bond acceptors (Lipinski definition) is 6. The summed E-state index contributed by atoms with van der Waals surface area (Å²) >= 11 is 0. The fourth-order valence-electron chi connectivity index (χ4n) is 3.47. The van der Waals surface area contributed by atoms with Crippen molar-refractivity contribution in [3.8, 4) is 11.3 Å². The summed E-state index contributed by atoms with van der Waals surface area (Å²) in [6.45, 7) is 4.90. The van der Waals surface area contributed by atoms with Crippen molar-refractivity contribution in [2.45, 2.75) is 32.5 Å². The van der Waals surface area contributed by atoms with E-state index >= 15 is 0 Å². The van der Waals surface area contributed by atoms with E-state index in [9.17, 15) is 9.90 Å². The maximum Gasteiger partial charge on any atom is 0.212 e. The monoisotopic (exact) mass is 412 g/mol. The number of nitrogens with zero attached hydrogens (tertiary/aromatic N) is 3. The molecule has 0 bridgehead atoms. The summed E-state index contributed by atoms with van der Waals surface area (Å²) < 4.78 is 13.3. The minimum absolute atomic E-state index is 0.0162. The first-order valence-electron chi connectivity index (χ1n) is 9.86. The van der Waals surface area contributed by atoms with E-state index in [-0.39, 0.29) is 6.61 Å². The number of fused-ring (bicyclic) bond motifs is 1. The number of aliphatic hydroxyl groups is 1. The summed E-state index contributed by atoms with van der Waals surface area (Å²) in [5, 5.41) is 13.1. The first kappa shape index (κ1) is 21.9. The summed E-state index contributed by atoms with van der Waals surface area (Å²) in [5.41, 5.74) is 3.55. The molecular formula is C22H28N4O4. The normalized spacial score (nSPS) is 13.4. The summed E-state index contributed by atoms with van der Waals surface area (Å²) in [6.07, 6.45) is 4.74. The highest BCUT2D eigenvalue weighted by Gasteiger charge is 2.28. The van der Waals surface area contributed by atoms with E-state index in [0.717, 1.165) is 33.4 Å². The van der Waals surface area contributed by atoms with Gasteiger partial charge in [0, 0.05) is 50.9 Å². The van der Waals surface area contributed by atoms with Crippen LogP contribution in [0.1, 0.15) is 31.5 Å². The van der Waals surface area contributed by atoms with Crippen molar-refractivity contribution >= 4 is 23.1 Å². The molecule has 3 aromatic rings. The van der Waals surface area contributed by atoms with Gasteiger partial charge in [0.15, 0.2) is 0 Å². The summed E-state index contributed by atoms with van der Waals surface area (Å²) in [4.78, 5) is 20.0. The topological polar surface area (TPSA) is 98.5 Å². The Morgan fingerprint density at radius 2 is 2.13 bits per heavy atom. The summed E-state index contributed by atoms with van der Waals surface area (Å²) in [6, 6.07) is 5.79. The molecule has 1 atom stereocenters. The van der Waals surface area contributed by atoms with Gasteiger partial charge in [-0.25, -0.2) is 9.97 Å². The Morgan fingerprint density at radius 3 is 2.80 bits per heavy atom. The number of carbonyl (C=O) groups is 1. The number of rotatable bonds is 10. The number of aliphatic hydroxyl groups excluding tert-OH is 1. The van der Waals surface area contributed by atoms with Crippen LogP contribution in [0.5, 0.6) is 0 Å². The number of hydrogen-bond donors (Lipinski definition) is 2. The maximum absolute atomic E-state index is 10.8. The van der Waals surface area contributed by atoms with Crippen LogP contribution in [0.4, 0.5) is 5.82 Å². The van der Waals surface area contributed by atoms with Gasteiger partial charge in [0.25, 0.3) is 0 Å². The van der Waals surface area contributed by atoms with E-state index in [1.807, 2.05) is 49.9 Å². The molecule has 0 aliphatic rings. The second kappa shape index (κ2) is 9.34. The third-order valence-electron chi connectivity index (χ3n) is 5.30. The lowest BCUT2D eigenvalue weighted by Crippen LogP contribution is -2.27. The van der Waals surface area contributed by atoms with E-state index in [0.29, 0.717) is 31.9 Å². The van der Waals surface area contributed by atoms with Crippen molar-refractivity contribution in [3.63, 3.8) is 0 Å². The standard InChI is InChI=1S/C22H28N4O4/c1-5-30-13-15-8-18(25-20(9-15)22(2,29-4)6-7-27)17-12-26(3)19-11-23-21(24-14-28)10-16(17)19/h8-12,14,27H,5-7,13H2,1-4H3,(H,23,24,28)/t22-/m1/s1. The predicted molar refractivity (Wildman–Crippen MR) is 115 cm³/mol. The molecule has 2 N–H and O–H groups in total. The minimum atomic E-state index is -0.734. The van der Waals surface area contributed by atoms with Gasteiger partial charge in [0.1, 0.15) is 11.4 Å². The number of nitrogens with one attached hydrogen (secondary N) is 1. The summed E-state index contributed by atoms with van der Waals surface area (Å²) in [7, 11) is 3.56. The van der Waals surface area contributed by atoms with Gasteiger partial charge < -0.3 is 24.5 Å². The van der Waals surface area contributed by atoms with Crippen molar-refractivity contribution < 1.29 is 19.4 Å². The quantitative estimate of drug-likeness (QED) is 0.497. The Hall–Kier alpha value is -2.81. The Bertz CT molecular complexity index is 1030. The Labute approximate surface area is 175 Å². The molecule has 0 aromatic carbocycles. The number of aryl methyl sites for hydroxylation is 1. The predicted octanol–water partition coefficient (Wildman–Crippen LogP) is 2.98. The van der Waals surface area contributed by atoms with Gasteiger partial charge in [-0.15, -0.1) is 0 Å². The van der Waals surface area contributed by atoms with Gasteiger partial charge in [-0.2, -0.15) is 0 Å². The lowest BCUT2D eigenvalue weighted by Gasteiger charge is -2.28. The van der Waals surface area contributed by atoms with Crippen LogP contribution in [0.15, 0.2) is 30.6 Å². The third-order valence-corrected chi connectivity index (χ3v) is 5.30. The van der Waals surface area contributed by atoms with Crippen LogP contribution in [0.3, 0.4) is 0 Å². The van der Waals surface area contributed by atoms with Crippen molar-refractivity contribution in [2.75, 3.05) is 25.6 Å². The molecule has 3 rings (SSSR count). The zero-order valence-electron chi connectivity index (χ0n) is 17.8. The summed E-state index contributed by atoms with van der Waals surface area (Å²) in [5.74, 6) is 0.470. The second-order valence-corrected chi connectivity index (χ2v) is 7.29. The van der Waals surface area contributed by atoms with E-state index < -0.39 is 5.60 Å². The van der Waals surface area contributed by atoms with Crippen LogP contribution >= 0.6 is 0 Å². The van der Waals surface area contributed by atoms with E-state index in [2.05, 4.69) is 10.3 Å². The zero-order chi connectivity index (χ0) is 21.7. The molecule has 3 heterocycles. The molecule has 0 saturated heterocycles. The zero-order valence-corrected chi connectivity index (χ0v) is 17.8. The second-order valence-electron chi connectivity index (χ2n) is 7.29. The van der Waals surface area contributed by atoms with E-state index in [1.165, 1.54) is 0 Å². The van der Waals surface area contributed by atoms with Crippen molar-refractivity contribution in [1.29, 1.82) is 0 Å². The lowest BCUT2D eigenvalue weighted by molar-refractivity contribution is -0.105. The van der Waals surface area contributed by atoms with E-state index in [1.54, 1.807) is 13.3 Å². The first-order chi connectivity index (χ1) is 14.5. The molecule has 0 aliphatic carbocycles. The van der Waals surface area contributed by atoms with Gasteiger partial charge in [0.05, 0.1) is 29.7 Å². The molecule has 1 amide bonds. The highest BCUT2D eigenvalue weighted by Crippen LogP contribution is 2.34. The largest absolute Gasteiger partial charge is 0.396 e. The fourth-order valence-corrected chi connectivity index (χ4v) is 3.47. The molecule has 0 radical (unpaired) electrons. The molecule has 8 heteroatoms. The highest BCUT2D eigenvalue weighted by atomic mass is 16.5. The first-order valence-corrected chi connectivity index (χ1v) is 9.86. The molecule has 0 aliphatic heterocycles. The SMILES string of the molecule is CCOCc1cc(-c2cn(C)c3cnc(NC=O)cc23)nc([C@@](C)(CCO)OC)c1. The molecule has 160 valence electrons. The molecule has 0 saturated carbocycles. The van der Waals surface area contributed by atoms with E-state index in [4.69, 9.17) is 14.5 Å². The highest BCUT2D eigenvalue weighted by molar-refractivity contribution is 5.96. The average Bonchev–Trinajstić information content (AvgIpc) is 3.08. The number of amides is 1. The molecule has 0 fully saturated rings. The van der Waals surface area contributed by atoms with Crippen LogP contribution in [-0.4, -0.2) is 46.4 Å². The number of aromatic nitrogens is 3. The Morgan fingerprint density at radius 1 is 1.33 bits per heavy atom. The minimum Gasteiger partial charge on any atom is -0.396 e. The maximum atomic E-state index is 10.8. The van der Waals surface area contributed by atoms with Gasteiger partial charge >= 0.3 is 0 Å². The van der Waals surface area contributed by atoms with Crippen LogP contribution in [0.25, 0.3) is 22.2 Å². The lowest BCUT2D eigenvalue weighted by atomic mass is 9.95. The number of methoxy groups -OCH3 is 1. The molecule has 8 nitrogen and oxygen atoms in total. The van der Waals surface area contributed by atoms with Crippen LogP contribution in [0.2, 0.25) is 0 Å². The molecule has 0 unspecified atom stereocenters. The Kier molecular flexibility index (Phi) is 6.81. The number of anilines is 1. The number of pyridine rings is 2. The molecule has 0 spiro atoms. The molecular weight excluding hydrogens is 384 g/mol. The van der Waals surface area contributed by atoms with Crippen molar-refractivity contribution in [1.82, 2.24) is 14.5 Å². The van der Waals surface area contributed by atoms with Gasteiger partial charge in [-0.05, 0) is 37.6 Å². The fraction of sp³-hybridized carbons (Fsp3) is 0.409. The Balaban J connectivity index is 2.20. The van der Waals surface area contributed by atoms with Gasteiger partial charge in [-0.3, -0.25) is 4.79 Å². The van der Waals surface area contributed by atoms with Crippen LogP contribution < -0.4 is 5.32 Å². The molecule has 3 aromatic heterocycles. The van der Waals surface area contributed by atoms with Crippen LogP contribution in [0, 0.1) is 0 Å². The smallest absolute Gasteiger partial charge is 0.212 e.